The van der Waals surface area contributed by atoms with Gasteiger partial charge in [0.25, 0.3) is 0 Å². The van der Waals surface area contributed by atoms with E-state index in [1.807, 2.05) is 24.3 Å². The molecule has 0 aliphatic carbocycles. The van der Waals surface area contributed by atoms with Gasteiger partial charge in [-0.25, -0.2) is 0 Å². The van der Waals surface area contributed by atoms with Crippen molar-refractivity contribution in [2.24, 2.45) is 11.5 Å². The van der Waals surface area contributed by atoms with Gasteiger partial charge in [0, 0.05) is 18.0 Å². The van der Waals surface area contributed by atoms with E-state index in [2.05, 4.69) is 13.8 Å². The summed E-state index contributed by atoms with van der Waals surface area (Å²) in [5, 5.41) is 18.0. The lowest BCUT2D eigenvalue weighted by Crippen LogP contribution is -2.45. The van der Waals surface area contributed by atoms with E-state index in [-0.39, 0.29) is 31.2 Å². The maximum Gasteiger partial charge on any atom is 0.119 e. The molecule has 0 saturated carbocycles. The Kier molecular flexibility index (Phi) is 8.42. The van der Waals surface area contributed by atoms with E-state index in [4.69, 9.17) is 21.3 Å². The van der Waals surface area contributed by atoms with Crippen molar-refractivity contribution in [3.8, 4) is 5.75 Å². The summed E-state index contributed by atoms with van der Waals surface area (Å²) in [5.41, 5.74) is 13.6. The zero-order valence-electron chi connectivity index (χ0n) is 13.6. The van der Waals surface area contributed by atoms with Crippen LogP contribution in [-0.4, -0.2) is 41.6 Å². The number of hydrogen-bond donors (Lipinski definition) is 4. The van der Waals surface area contributed by atoms with Gasteiger partial charge in [-0.15, -0.1) is 0 Å². The molecule has 126 valence electrons. The lowest BCUT2D eigenvalue weighted by Gasteiger charge is -2.28. The highest BCUT2D eigenvalue weighted by atomic mass is 16.5. The molecule has 0 amide bonds. The monoisotopic (exact) mass is 310 g/mol. The van der Waals surface area contributed by atoms with Crippen LogP contribution < -0.4 is 16.2 Å². The highest BCUT2D eigenvalue weighted by molar-refractivity contribution is 5.30. The maximum atomic E-state index is 9.28. The molecule has 0 heterocycles. The van der Waals surface area contributed by atoms with Gasteiger partial charge < -0.3 is 26.4 Å². The Labute approximate surface area is 133 Å². The van der Waals surface area contributed by atoms with Gasteiger partial charge in [0.15, 0.2) is 0 Å². The first-order valence-corrected chi connectivity index (χ1v) is 8.06. The largest absolute Gasteiger partial charge is 0.491 e. The lowest BCUT2D eigenvalue weighted by molar-refractivity contribution is 0.0536. The van der Waals surface area contributed by atoms with Crippen LogP contribution >= 0.6 is 0 Å². The van der Waals surface area contributed by atoms with Gasteiger partial charge in [0.1, 0.15) is 18.5 Å². The Balaban J connectivity index is 2.69. The molecule has 5 nitrogen and oxygen atoms in total. The first kappa shape index (κ1) is 18.9. The van der Waals surface area contributed by atoms with Crippen molar-refractivity contribution in [2.45, 2.75) is 57.2 Å². The van der Waals surface area contributed by atoms with Crippen LogP contribution in [0.5, 0.6) is 5.75 Å². The van der Waals surface area contributed by atoms with Crippen molar-refractivity contribution >= 4 is 0 Å². The molecule has 5 heteroatoms. The Morgan fingerprint density at radius 3 is 2.27 bits per heavy atom. The second-order valence-electron chi connectivity index (χ2n) is 5.76. The molecule has 0 aliphatic heterocycles. The minimum absolute atomic E-state index is 0.00516. The van der Waals surface area contributed by atoms with Crippen LogP contribution in [0.25, 0.3) is 0 Å². The van der Waals surface area contributed by atoms with Gasteiger partial charge in [-0.2, -0.15) is 0 Å². The fourth-order valence-electron chi connectivity index (χ4n) is 2.61. The summed E-state index contributed by atoms with van der Waals surface area (Å²) in [6, 6.07) is 7.65. The molecule has 0 fully saturated rings. The van der Waals surface area contributed by atoms with Crippen LogP contribution in [0.4, 0.5) is 0 Å². The summed E-state index contributed by atoms with van der Waals surface area (Å²) in [6.07, 6.45) is 2.04. The molecule has 1 rings (SSSR count). The standard InChI is InChI=1S/C17H30N2O3/c1-3-5-16(18)17(19)15(4-2)12-6-8-14(9-7-12)22-11-13(21)10-20/h6-9,13,15-17,20-21H,3-5,10-11,18-19H2,1-2H3/t13-,15?,16?,17?/m0/s1. The number of aliphatic hydroxyl groups excluding tert-OH is 2. The quantitative estimate of drug-likeness (QED) is 0.523. The number of benzene rings is 1. The van der Waals surface area contributed by atoms with Gasteiger partial charge in [0.2, 0.25) is 0 Å². The SMILES string of the molecule is CCCC(N)C(N)C(CC)c1ccc(OC[C@@H](O)CO)cc1. The minimum Gasteiger partial charge on any atom is -0.491 e. The van der Waals surface area contributed by atoms with E-state index >= 15 is 0 Å². The minimum atomic E-state index is -0.858. The van der Waals surface area contributed by atoms with Crippen LogP contribution in [0.2, 0.25) is 0 Å². The average Bonchev–Trinajstić information content (AvgIpc) is 2.54. The number of nitrogens with two attached hydrogens (primary N) is 2. The van der Waals surface area contributed by atoms with Crippen LogP contribution in [0.15, 0.2) is 24.3 Å². The van der Waals surface area contributed by atoms with Crippen molar-refractivity contribution in [3.05, 3.63) is 29.8 Å². The molecular weight excluding hydrogens is 280 g/mol. The highest BCUT2D eigenvalue weighted by Crippen LogP contribution is 2.26. The van der Waals surface area contributed by atoms with Crippen LogP contribution in [0.3, 0.4) is 0 Å². The maximum absolute atomic E-state index is 9.28. The highest BCUT2D eigenvalue weighted by Gasteiger charge is 2.23. The number of rotatable bonds is 10. The van der Waals surface area contributed by atoms with Crippen molar-refractivity contribution in [1.82, 2.24) is 0 Å². The normalized spacial score (nSPS) is 16.8. The summed E-state index contributed by atoms with van der Waals surface area (Å²) >= 11 is 0. The summed E-state index contributed by atoms with van der Waals surface area (Å²) in [4.78, 5) is 0. The molecule has 22 heavy (non-hydrogen) atoms. The second kappa shape index (κ2) is 9.79. The predicted octanol–water partition coefficient (Wildman–Crippen LogP) is 1.37. The fraction of sp³-hybridized carbons (Fsp3) is 0.647. The Hall–Kier alpha value is -1.14. The molecule has 0 saturated heterocycles. The van der Waals surface area contributed by atoms with Gasteiger partial charge in [-0.05, 0) is 30.5 Å². The Morgan fingerprint density at radius 1 is 1.14 bits per heavy atom. The number of aliphatic hydroxyl groups is 2. The molecule has 1 aromatic rings. The molecule has 0 aliphatic rings. The third kappa shape index (κ3) is 5.57. The van der Waals surface area contributed by atoms with Crippen LogP contribution in [0.1, 0.15) is 44.6 Å². The molecular formula is C17H30N2O3. The first-order valence-electron chi connectivity index (χ1n) is 8.06. The Bertz CT molecular complexity index is 411. The second-order valence-corrected chi connectivity index (χ2v) is 5.76. The smallest absolute Gasteiger partial charge is 0.119 e. The summed E-state index contributed by atoms with van der Waals surface area (Å²) in [5.74, 6) is 0.885. The number of ether oxygens (including phenoxy) is 1. The molecule has 3 unspecified atom stereocenters. The molecule has 0 aromatic heterocycles. The average molecular weight is 310 g/mol. The van der Waals surface area contributed by atoms with E-state index in [1.165, 1.54) is 0 Å². The van der Waals surface area contributed by atoms with Crippen molar-refractivity contribution in [2.75, 3.05) is 13.2 Å². The van der Waals surface area contributed by atoms with Crippen molar-refractivity contribution in [3.63, 3.8) is 0 Å². The first-order chi connectivity index (χ1) is 10.5. The van der Waals surface area contributed by atoms with E-state index in [0.29, 0.717) is 5.75 Å². The van der Waals surface area contributed by atoms with Crippen LogP contribution in [-0.2, 0) is 0 Å². The van der Waals surface area contributed by atoms with E-state index in [1.54, 1.807) is 0 Å². The van der Waals surface area contributed by atoms with E-state index < -0.39 is 6.10 Å². The zero-order valence-corrected chi connectivity index (χ0v) is 13.6. The lowest BCUT2D eigenvalue weighted by atomic mass is 9.84. The summed E-state index contributed by atoms with van der Waals surface area (Å²) in [7, 11) is 0. The molecule has 0 spiro atoms. The topological polar surface area (TPSA) is 102 Å². The molecule has 6 N–H and O–H groups in total. The summed E-state index contributed by atoms with van der Waals surface area (Å²) in [6.45, 7) is 4.00. The molecule has 4 atom stereocenters. The van der Waals surface area contributed by atoms with Gasteiger partial charge in [0.05, 0.1) is 6.61 Å². The van der Waals surface area contributed by atoms with Gasteiger partial charge >= 0.3 is 0 Å². The Morgan fingerprint density at radius 2 is 1.77 bits per heavy atom. The van der Waals surface area contributed by atoms with Crippen molar-refractivity contribution < 1.29 is 14.9 Å². The van der Waals surface area contributed by atoms with Gasteiger partial charge in [-0.1, -0.05) is 32.4 Å². The zero-order chi connectivity index (χ0) is 16.5. The summed E-state index contributed by atoms with van der Waals surface area (Å²) < 4.78 is 5.41. The third-order valence-corrected chi connectivity index (χ3v) is 3.98. The van der Waals surface area contributed by atoms with Crippen molar-refractivity contribution in [1.29, 1.82) is 0 Å². The third-order valence-electron chi connectivity index (χ3n) is 3.98. The fourth-order valence-corrected chi connectivity index (χ4v) is 2.61. The molecule has 1 aromatic carbocycles. The van der Waals surface area contributed by atoms with Crippen LogP contribution in [0, 0.1) is 0 Å². The van der Waals surface area contributed by atoms with E-state index in [9.17, 15) is 5.11 Å². The predicted molar refractivity (Wildman–Crippen MR) is 88.9 cm³/mol. The molecule has 0 bridgehead atoms. The number of hydrogen-bond acceptors (Lipinski definition) is 5. The molecule has 0 radical (unpaired) electrons. The van der Waals surface area contributed by atoms with Gasteiger partial charge in [-0.3, -0.25) is 0 Å². The van der Waals surface area contributed by atoms with E-state index in [0.717, 1.165) is 24.8 Å².